The number of nitrogens with one attached hydrogen (secondary N) is 9. The monoisotopic (exact) mass is 1700 g/mol. The van der Waals surface area contributed by atoms with Crippen LogP contribution in [0.5, 0.6) is 0 Å². The van der Waals surface area contributed by atoms with Crippen molar-refractivity contribution in [3.05, 3.63) is 168 Å². The van der Waals surface area contributed by atoms with Gasteiger partial charge in [0.05, 0.1) is 68.6 Å². The molecule has 37 nitrogen and oxygen atoms in total. The van der Waals surface area contributed by atoms with Gasteiger partial charge >= 0.3 is 0 Å². The van der Waals surface area contributed by atoms with Crippen molar-refractivity contribution < 1.29 is 64.8 Å². The number of hydrogen-bond acceptors (Lipinski definition) is 25. The summed E-state index contributed by atoms with van der Waals surface area (Å²) in [4.78, 5) is 158. The number of piperidine rings is 2. The van der Waals surface area contributed by atoms with Gasteiger partial charge in [0, 0.05) is 172 Å². The molecule has 0 saturated carbocycles. The molecule has 39 heteroatoms. The molecule has 0 bridgehead atoms. The van der Waals surface area contributed by atoms with Crippen molar-refractivity contribution >= 4 is 136 Å². The van der Waals surface area contributed by atoms with Gasteiger partial charge < -0.3 is 41.5 Å². The van der Waals surface area contributed by atoms with Crippen molar-refractivity contribution in [2.45, 2.75) is 110 Å². The van der Waals surface area contributed by atoms with E-state index in [-0.39, 0.29) is 78.7 Å². The molecule has 5 fully saturated rings. The van der Waals surface area contributed by atoms with E-state index < -0.39 is 90.5 Å². The van der Waals surface area contributed by atoms with Gasteiger partial charge in [0.1, 0.15) is 23.4 Å². The Kier molecular flexibility index (Phi) is 23.6. The first-order chi connectivity index (χ1) is 58.3. The molecule has 0 aliphatic carbocycles. The Hall–Kier alpha value is -13.0. The lowest BCUT2D eigenvalue weighted by Crippen LogP contribution is -2.64. The van der Waals surface area contributed by atoms with Crippen molar-refractivity contribution in [2.75, 3.05) is 111 Å². The molecule has 2 atom stereocenters. The Morgan fingerprint density at radius 1 is 0.525 bits per heavy atom. The standard InChI is InChI=1S/C42H46N12O7S.C40H43N11O7S.CH4/c1-3-42(24-52(25-42)62(60,61)4-2)53-23-27(22-45-53)35-31-13-14-43-36(31)49-41(48-35)46-28-7-5-26(6-8-28)37(56)44-15-16-50-17-19-51(20-18-50)29-9-10-30-32(21-29)40(59)54(39(30)58)33-11-12-34(55)47-38(33)57;1-3-40(22-49(23-40)59(57,58)4-2)50-21-25(20-44-50)33-28-16-19-42-34(28)48-39(47-33)45-26-12-10-24(11-13-26)35(53)43-18-6-5-17-41-29-9-7-8-27-32(29)38(56)51(37(27)55)30-14-15-31(52)46-36(30)54;/h5-10,13-14,21-23,33H,3-4,11-12,15-20,24-25H2,1-2H3,(H,44,56)(H,47,55,57)(H2,43,46,48,49);7-13,16,19-21,30,41H,3-6,14-15,17-18,22-23H2,1-2H3,(H,43,53)(H,46,52,54)(H2,42,45,47,48);1H4. The Balaban J connectivity index is 0.000000188. The number of amides is 10. The molecule has 0 spiro atoms. The number of imide groups is 4. The highest BCUT2D eigenvalue weighted by molar-refractivity contribution is 7.89. The summed E-state index contributed by atoms with van der Waals surface area (Å²) >= 11 is 0. The maximum absolute atomic E-state index is 13.3. The molecule has 6 aromatic heterocycles. The van der Waals surface area contributed by atoms with Crippen LogP contribution in [0, 0.1) is 0 Å². The van der Waals surface area contributed by atoms with Crippen LogP contribution in [0.2, 0.25) is 0 Å². The fourth-order valence-electron chi connectivity index (χ4n) is 16.3. The molecule has 10 amide bonds. The Labute approximate surface area is 701 Å². The van der Waals surface area contributed by atoms with Crippen molar-refractivity contribution in [3.8, 4) is 22.5 Å². The predicted molar refractivity (Wildman–Crippen MR) is 452 cm³/mol. The molecule has 13 heterocycles. The number of unbranched alkanes of at least 4 members (excludes halogenated alkanes) is 1. The SMILES string of the molecule is C.CCC1(n2cc(-c3nc(Nc4ccc(C(=O)NCCCCNc5cccc6c5C(=O)N(C5CCC(=O)NC5=O)C6=O)cc4)nc4[nH]ccc34)cn2)CN(S(=O)(=O)CC)C1.CCC1(n2cc(-c3nc(Nc4ccc(C(=O)NCCN5CCN(c6ccc7c(c6)C(=O)N(C6CCC(=O)NC6=O)C7=O)CC5)cc4)nc4[nH]ccc34)cn2)CN(S(=O)(=O)CC)C1. The van der Waals surface area contributed by atoms with Crippen LogP contribution in [0.1, 0.15) is 149 Å². The predicted octanol–water partition coefficient (Wildman–Crippen LogP) is 6.28. The van der Waals surface area contributed by atoms with E-state index >= 15 is 0 Å². The summed E-state index contributed by atoms with van der Waals surface area (Å²) in [6, 6.07) is 25.8. The van der Waals surface area contributed by atoms with Crippen LogP contribution >= 0.6 is 0 Å². The summed E-state index contributed by atoms with van der Waals surface area (Å²) in [5.74, 6) is -3.96. The van der Waals surface area contributed by atoms with E-state index in [1.807, 2.05) is 53.8 Å². The van der Waals surface area contributed by atoms with Crippen molar-refractivity contribution in [3.63, 3.8) is 0 Å². The largest absolute Gasteiger partial charge is 0.384 e. The number of sulfonamides is 2. The van der Waals surface area contributed by atoms with Gasteiger partial charge in [-0.2, -0.15) is 28.8 Å². The summed E-state index contributed by atoms with van der Waals surface area (Å²) < 4.78 is 56.4. The summed E-state index contributed by atoms with van der Waals surface area (Å²) in [6.07, 6.45) is 13.9. The van der Waals surface area contributed by atoms with E-state index in [0.717, 1.165) is 56.9 Å². The molecule has 4 aromatic carbocycles. The number of nitrogens with zero attached hydrogens (tertiary/aromatic N) is 14. The third-order valence-corrected chi connectivity index (χ3v) is 27.1. The first-order valence-electron chi connectivity index (χ1n) is 40.3. The van der Waals surface area contributed by atoms with Crippen LogP contribution in [-0.2, 0) is 50.3 Å². The van der Waals surface area contributed by atoms with Crippen molar-refractivity contribution in [1.29, 1.82) is 0 Å². The molecule has 122 heavy (non-hydrogen) atoms. The summed E-state index contributed by atoms with van der Waals surface area (Å²) in [7, 11) is -6.56. The van der Waals surface area contributed by atoms with E-state index in [1.54, 1.807) is 117 Å². The zero-order valence-corrected chi connectivity index (χ0v) is 68.3. The quantitative estimate of drug-likeness (QED) is 0.0192. The van der Waals surface area contributed by atoms with Gasteiger partial charge in [-0.15, -0.1) is 0 Å². The van der Waals surface area contributed by atoms with E-state index in [1.165, 1.54) is 8.61 Å². The van der Waals surface area contributed by atoms with Gasteiger partial charge in [-0.1, -0.05) is 27.3 Å². The maximum Gasteiger partial charge on any atom is 0.264 e. The zero-order valence-electron chi connectivity index (χ0n) is 66.7. The minimum atomic E-state index is -3.28. The number of carbonyl (C=O) groups is 10. The number of aromatic amines is 2. The molecule has 9 N–H and O–H groups in total. The first kappa shape index (κ1) is 84.1. The number of hydrogen-bond donors (Lipinski definition) is 9. The number of anilines is 6. The minimum absolute atomic E-state index is 0. The molecule has 17 rings (SSSR count). The van der Waals surface area contributed by atoms with E-state index in [9.17, 15) is 64.8 Å². The Bertz CT molecular complexity index is 6040. The fourth-order valence-corrected chi connectivity index (χ4v) is 18.8. The van der Waals surface area contributed by atoms with Crippen LogP contribution in [0.25, 0.3) is 44.6 Å². The van der Waals surface area contributed by atoms with E-state index in [0.29, 0.717) is 147 Å². The van der Waals surface area contributed by atoms with Crippen molar-refractivity contribution in [1.82, 2.24) is 94.0 Å². The normalized spacial score (nSPS) is 18.5. The number of aromatic nitrogens is 10. The maximum atomic E-state index is 13.3. The van der Waals surface area contributed by atoms with Crippen molar-refractivity contribution in [2.24, 2.45) is 0 Å². The van der Waals surface area contributed by atoms with Crippen LogP contribution in [0.4, 0.5) is 34.6 Å². The highest BCUT2D eigenvalue weighted by atomic mass is 32.2. The number of fused-ring (bicyclic) bond motifs is 4. The van der Waals surface area contributed by atoms with E-state index in [4.69, 9.17) is 9.97 Å². The molecule has 10 aromatic rings. The highest BCUT2D eigenvalue weighted by Crippen LogP contribution is 2.40. The molecule has 7 aliphatic heterocycles. The van der Waals surface area contributed by atoms with Gasteiger partial charge in [-0.3, -0.25) is 82.6 Å². The number of carbonyl (C=O) groups excluding carboxylic acids is 10. The number of benzene rings is 4. The lowest BCUT2D eigenvalue weighted by molar-refractivity contribution is -0.137. The van der Waals surface area contributed by atoms with Gasteiger partial charge in [0.2, 0.25) is 55.6 Å². The number of piperazine rings is 1. The molecular weight excluding hydrogens is 1610 g/mol. The van der Waals surface area contributed by atoms with Gasteiger partial charge in [-0.05, 0) is 143 Å². The Morgan fingerprint density at radius 2 is 1.00 bits per heavy atom. The zero-order chi connectivity index (χ0) is 84.8. The van der Waals surface area contributed by atoms with Gasteiger partial charge in [-0.25, -0.2) is 26.8 Å². The summed E-state index contributed by atoms with van der Waals surface area (Å²) in [5.41, 5.74) is 7.79. The van der Waals surface area contributed by atoms with E-state index in [2.05, 4.69) is 77.2 Å². The van der Waals surface area contributed by atoms with Crippen LogP contribution < -0.4 is 42.1 Å². The fraction of sp³-hybridized carbons (Fsp3) is 0.373. The van der Waals surface area contributed by atoms with Crippen LogP contribution in [0.15, 0.2) is 134 Å². The Morgan fingerprint density at radius 3 is 1.49 bits per heavy atom. The highest BCUT2D eigenvalue weighted by Gasteiger charge is 2.51. The third-order valence-electron chi connectivity index (χ3n) is 23.6. The van der Waals surface area contributed by atoms with Crippen LogP contribution in [-0.4, -0.2) is 251 Å². The average molecular weight is 1700 g/mol. The summed E-state index contributed by atoms with van der Waals surface area (Å²) in [6.45, 7) is 13.6. The topological polar surface area (TPSA) is 461 Å². The van der Waals surface area contributed by atoms with Gasteiger partial charge in [0.15, 0.2) is 0 Å². The summed E-state index contributed by atoms with van der Waals surface area (Å²) in [5, 5.41) is 31.0. The molecule has 0 radical (unpaired) electrons. The number of rotatable bonds is 28. The minimum Gasteiger partial charge on any atom is -0.384 e. The average Bonchev–Trinajstić information content (AvgIpc) is 1.29. The first-order valence-corrected chi connectivity index (χ1v) is 43.5. The lowest BCUT2D eigenvalue weighted by atomic mass is 9.89. The second kappa shape index (κ2) is 34.3. The van der Waals surface area contributed by atoms with Crippen LogP contribution in [0.3, 0.4) is 0 Å². The molecular formula is C83H93N23O14S2. The second-order valence-corrected chi connectivity index (χ2v) is 35.4. The molecule has 7 aliphatic rings. The molecule has 636 valence electrons. The molecule has 2 unspecified atom stereocenters. The van der Waals surface area contributed by atoms with Gasteiger partial charge in [0.25, 0.3) is 35.4 Å². The third kappa shape index (κ3) is 16.4. The smallest absolute Gasteiger partial charge is 0.264 e. The number of H-pyrrole nitrogens is 2. The molecule has 5 saturated heterocycles. The second-order valence-electron chi connectivity index (χ2n) is 30.8. The lowest BCUT2D eigenvalue weighted by Gasteiger charge is -2.48.